The summed E-state index contributed by atoms with van der Waals surface area (Å²) in [7, 11) is 0. The van der Waals surface area contributed by atoms with Crippen molar-refractivity contribution < 1.29 is 23.2 Å². The Hall–Kier alpha value is -3.68. The van der Waals surface area contributed by atoms with E-state index in [2.05, 4.69) is 12.2 Å². The van der Waals surface area contributed by atoms with Gasteiger partial charge in [0, 0.05) is 36.7 Å². The predicted molar refractivity (Wildman–Crippen MR) is 147 cm³/mol. The lowest BCUT2D eigenvalue weighted by molar-refractivity contribution is -0.136. The number of rotatable bonds is 4. The lowest BCUT2D eigenvalue weighted by Crippen LogP contribution is -2.52. The van der Waals surface area contributed by atoms with E-state index in [1.54, 1.807) is 23.1 Å². The van der Waals surface area contributed by atoms with Crippen molar-refractivity contribution in [1.29, 1.82) is 0 Å². The number of piperidine rings is 1. The van der Waals surface area contributed by atoms with Gasteiger partial charge in [-0.25, -0.2) is 8.78 Å². The fourth-order valence-corrected chi connectivity index (χ4v) is 5.44. The molecule has 3 amide bonds. The molecule has 2 atom stereocenters. The number of imide groups is 1. The molecule has 3 aliphatic rings. The van der Waals surface area contributed by atoms with Crippen LogP contribution in [-0.4, -0.2) is 34.4 Å². The average molecular weight is 536 g/mol. The first-order valence-corrected chi connectivity index (χ1v) is 13.6. The number of halogens is 2. The fraction of sp³-hybridized carbons (Fsp3) is 0.419. The molecule has 0 bridgehead atoms. The highest BCUT2D eigenvalue weighted by atomic mass is 19.3. The predicted octanol–water partition coefficient (Wildman–Crippen LogP) is 6.24. The van der Waals surface area contributed by atoms with Gasteiger partial charge in [0.05, 0.1) is 5.71 Å². The number of nitrogens with one attached hydrogen (secondary N) is 1. The lowest BCUT2D eigenvalue weighted by atomic mass is 9.90. The molecule has 8 heteroatoms. The third-order valence-electron chi connectivity index (χ3n) is 7.58. The largest absolute Gasteiger partial charge is 0.322 e. The lowest BCUT2D eigenvalue weighted by Gasteiger charge is -2.29. The molecule has 2 aromatic rings. The molecule has 1 fully saturated rings. The van der Waals surface area contributed by atoms with E-state index in [-0.39, 0.29) is 29.7 Å². The van der Waals surface area contributed by atoms with Crippen LogP contribution < -0.4 is 5.32 Å². The summed E-state index contributed by atoms with van der Waals surface area (Å²) >= 11 is 0. The highest BCUT2D eigenvalue weighted by Crippen LogP contribution is 2.35. The second-order valence-electron chi connectivity index (χ2n) is 10.2. The molecule has 0 saturated carbocycles. The first kappa shape index (κ1) is 28.3. The van der Waals surface area contributed by atoms with Gasteiger partial charge in [-0.05, 0) is 66.5 Å². The van der Waals surface area contributed by atoms with Crippen molar-refractivity contribution >= 4 is 29.0 Å². The maximum Gasteiger partial charge on any atom is 0.270 e. The Morgan fingerprint density at radius 1 is 0.974 bits per heavy atom. The van der Waals surface area contributed by atoms with E-state index in [1.165, 1.54) is 12.1 Å². The van der Waals surface area contributed by atoms with Gasteiger partial charge >= 0.3 is 0 Å². The Labute approximate surface area is 228 Å². The molecule has 0 aliphatic carbocycles. The van der Waals surface area contributed by atoms with E-state index in [0.29, 0.717) is 18.5 Å². The number of benzene rings is 2. The standard InChI is InChI=1S/C29H29F2N3O3.C2H6/c1-16-4-10-22(18-5-8-21(9-6-18)29(3,30)31)17(2)32-26(16)19-7-11-23-20(14-19)15-34(28(23)37)24-12-13-25(35)33-27(24)36;1-2/h5-9,11,14,16,24H,4,10,12-13,15H2,1-3H3,(H,33,35,36);1-2H3. The summed E-state index contributed by atoms with van der Waals surface area (Å²) in [6.45, 7) is 9.26. The summed E-state index contributed by atoms with van der Waals surface area (Å²) in [6.07, 6.45) is 2.16. The van der Waals surface area contributed by atoms with E-state index in [1.807, 2.05) is 32.9 Å². The number of amides is 3. The molecule has 1 N–H and O–H groups in total. The van der Waals surface area contributed by atoms with Crippen molar-refractivity contribution in [3.05, 3.63) is 76.0 Å². The first-order chi connectivity index (χ1) is 18.5. The van der Waals surface area contributed by atoms with Gasteiger partial charge in [-0.15, -0.1) is 0 Å². The fourth-order valence-electron chi connectivity index (χ4n) is 5.44. The zero-order chi connectivity index (χ0) is 28.5. The number of allylic oxidation sites excluding steroid dienone is 2. The van der Waals surface area contributed by atoms with Crippen LogP contribution in [0.3, 0.4) is 0 Å². The quantitative estimate of drug-likeness (QED) is 0.471. The summed E-state index contributed by atoms with van der Waals surface area (Å²) in [6, 6.07) is 11.4. The maximum absolute atomic E-state index is 13.7. The van der Waals surface area contributed by atoms with Gasteiger partial charge < -0.3 is 4.90 Å². The van der Waals surface area contributed by atoms with Crippen molar-refractivity contribution in [2.75, 3.05) is 0 Å². The van der Waals surface area contributed by atoms with E-state index >= 15 is 0 Å². The Balaban J connectivity index is 0.00000172. The average Bonchev–Trinajstić information content (AvgIpc) is 3.14. The Bertz CT molecular complexity index is 1360. The second-order valence-corrected chi connectivity index (χ2v) is 10.2. The summed E-state index contributed by atoms with van der Waals surface area (Å²) in [5, 5.41) is 2.33. The number of carbonyl (C=O) groups is 3. The number of carbonyl (C=O) groups excluding carboxylic acids is 3. The minimum atomic E-state index is -2.88. The van der Waals surface area contributed by atoms with Crippen LogP contribution in [0.1, 0.15) is 92.9 Å². The van der Waals surface area contributed by atoms with Crippen LogP contribution >= 0.6 is 0 Å². The van der Waals surface area contributed by atoms with Crippen molar-refractivity contribution in [3.8, 4) is 0 Å². The molecule has 3 aliphatic heterocycles. The van der Waals surface area contributed by atoms with Gasteiger partial charge in [0.2, 0.25) is 11.8 Å². The number of aliphatic imine (C=N–C) groups is 1. The number of hydrogen-bond acceptors (Lipinski definition) is 4. The second kappa shape index (κ2) is 11.2. The van der Waals surface area contributed by atoms with E-state index in [4.69, 9.17) is 4.99 Å². The molecular weight excluding hydrogens is 500 g/mol. The summed E-state index contributed by atoms with van der Waals surface area (Å²) in [5.74, 6) is -3.67. The smallest absolute Gasteiger partial charge is 0.270 e. The Morgan fingerprint density at radius 3 is 2.28 bits per heavy atom. The van der Waals surface area contributed by atoms with Crippen LogP contribution in [0.4, 0.5) is 8.78 Å². The summed E-state index contributed by atoms with van der Waals surface area (Å²) in [4.78, 5) is 43.4. The third kappa shape index (κ3) is 5.70. The minimum Gasteiger partial charge on any atom is -0.322 e. The van der Waals surface area contributed by atoms with Crippen LogP contribution in [-0.2, 0) is 22.1 Å². The Morgan fingerprint density at radius 2 is 1.64 bits per heavy atom. The monoisotopic (exact) mass is 535 g/mol. The highest BCUT2D eigenvalue weighted by Gasteiger charge is 2.39. The van der Waals surface area contributed by atoms with Gasteiger partial charge in [-0.1, -0.05) is 51.1 Å². The number of fused-ring (bicyclic) bond motifs is 1. The van der Waals surface area contributed by atoms with Gasteiger partial charge in [-0.2, -0.15) is 0 Å². The zero-order valence-corrected chi connectivity index (χ0v) is 23.1. The van der Waals surface area contributed by atoms with Crippen LogP contribution in [0.25, 0.3) is 5.57 Å². The summed E-state index contributed by atoms with van der Waals surface area (Å²) < 4.78 is 27.3. The van der Waals surface area contributed by atoms with Gasteiger partial charge in [0.15, 0.2) is 0 Å². The number of hydrogen-bond donors (Lipinski definition) is 1. The van der Waals surface area contributed by atoms with Gasteiger partial charge in [0.25, 0.3) is 11.8 Å². The topological polar surface area (TPSA) is 78.8 Å². The molecule has 1 saturated heterocycles. The van der Waals surface area contributed by atoms with Crippen molar-refractivity contribution in [2.45, 2.75) is 78.8 Å². The molecule has 2 unspecified atom stereocenters. The Kier molecular flexibility index (Phi) is 8.14. The maximum atomic E-state index is 13.7. The molecule has 5 rings (SSSR count). The van der Waals surface area contributed by atoms with E-state index < -0.39 is 17.9 Å². The molecule has 2 aromatic carbocycles. The normalized spacial score (nSPS) is 21.6. The molecule has 39 heavy (non-hydrogen) atoms. The van der Waals surface area contributed by atoms with Crippen LogP contribution in [0.2, 0.25) is 0 Å². The van der Waals surface area contributed by atoms with Gasteiger partial charge in [0.1, 0.15) is 6.04 Å². The van der Waals surface area contributed by atoms with E-state index in [0.717, 1.165) is 53.4 Å². The molecule has 0 aromatic heterocycles. The molecule has 0 radical (unpaired) electrons. The third-order valence-corrected chi connectivity index (χ3v) is 7.58. The molecule has 0 spiro atoms. The van der Waals surface area contributed by atoms with E-state index in [9.17, 15) is 23.2 Å². The molecule has 6 nitrogen and oxygen atoms in total. The first-order valence-electron chi connectivity index (χ1n) is 13.6. The van der Waals surface area contributed by atoms with Crippen molar-refractivity contribution in [2.24, 2.45) is 10.9 Å². The molecular formula is C31H35F2N3O3. The van der Waals surface area contributed by atoms with Crippen LogP contribution in [0.15, 0.2) is 53.2 Å². The number of nitrogens with zero attached hydrogens (tertiary/aromatic N) is 2. The number of alkyl halides is 2. The zero-order valence-electron chi connectivity index (χ0n) is 23.1. The van der Waals surface area contributed by atoms with Gasteiger partial charge in [-0.3, -0.25) is 24.7 Å². The van der Waals surface area contributed by atoms with Crippen LogP contribution in [0, 0.1) is 5.92 Å². The SMILES string of the molecule is CC.CC1=C(c2ccc(C(C)(F)F)cc2)CCC(C)C(c2ccc3c(c2)CN(C2CCC(=O)NC2=O)C3=O)=N1. The summed E-state index contributed by atoms with van der Waals surface area (Å²) in [5.41, 5.74) is 6.00. The van der Waals surface area contributed by atoms with Crippen molar-refractivity contribution in [3.63, 3.8) is 0 Å². The molecule has 3 heterocycles. The molecule has 206 valence electrons. The minimum absolute atomic E-state index is 0.0141. The van der Waals surface area contributed by atoms with Crippen molar-refractivity contribution in [1.82, 2.24) is 10.2 Å². The highest BCUT2D eigenvalue weighted by molar-refractivity contribution is 6.07. The van der Waals surface area contributed by atoms with Crippen LogP contribution in [0.5, 0.6) is 0 Å².